The molecule has 0 bridgehead atoms. The highest BCUT2D eigenvalue weighted by atomic mass is 32.1. The van der Waals surface area contributed by atoms with Gasteiger partial charge in [0, 0.05) is 37.6 Å². The molecule has 3 aromatic heterocycles. The third kappa shape index (κ3) is 2.45. The second kappa shape index (κ2) is 5.19. The van der Waals surface area contributed by atoms with Crippen LogP contribution in [0.5, 0.6) is 0 Å². The fourth-order valence-corrected chi connectivity index (χ4v) is 4.30. The zero-order chi connectivity index (χ0) is 16.1. The van der Waals surface area contributed by atoms with Crippen molar-refractivity contribution in [3.63, 3.8) is 0 Å². The molecule has 0 radical (unpaired) electrons. The number of amides is 1. The second-order valence-corrected chi connectivity index (χ2v) is 7.23. The van der Waals surface area contributed by atoms with Crippen molar-refractivity contribution in [1.29, 1.82) is 0 Å². The molecule has 1 atom stereocenters. The fraction of sp³-hybridized carbons (Fsp3) is 0.438. The van der Waals surface area contributed by atoms with Crippen LogP contribution in [0.4, 0.5) is 0 Å². The zero-order valence-electron chi connectivity index (χ0n) is 13.5. The van der Waals surface area contributed by atoms with E-state index in [1.54, 1.807) is 0 Å². The SMILES string of the molecule is Cc1cn2c(n1)CCC(NC(=O)c1cc3c(C)nn(C)c3s1)C2. The number of fused-ring (bicyclic) bond motifs is 2. The lowest BCUT2D eigenvalue weighted by atomic mass is 10.1. The summed E-state index contributed by atoms with van der Waals surface area (Å²) in [4.78, 5) is 18.9. The summed E-state index contributed by atoms with van der Waals surface area (Å²) in [6, 6.07) is 2.11. The van der Waals surface area contributed by atoms with Gasteiger partial charge in [-0.15, -0.1) is 11.3 Å². The average Bonchev–Trinajstić information content (AvgIpc) is 3.14. The third-order valence-corrected chi connectivity index (χ3v) is 5.57. The van der Waals surface area contributed by atoms with Crippen LogP contribution in [0.1, 0.15) is 33.3 Å². The minimum absolute atomic E-state index is 0.0101. The number of nitrogens with one attached hydrogen (secondary N) is 1. The lowest BCUT2D eigenvalue weighted by Crippen LogP contribution is -2.40. The molecular formula is C16H19N5OS. The van der Waals surface area contributed by atoms with Gasteiger partial charge in [-0.05, 0) is 26.3 Å². The Morgan fingerprint density at radius 1 is 1.43 bits per heavy atom. The van der Waals surface area contributed by atoms with Crippen LogP contribution >= 0.6 is 11.3 Å². The van der Waals surface area contributed by atoms with Gasteiger partial charge in [0.15, 0.2) is 0 Å². The monoisotopic (exact) mass is 329 g/mol. The molecule has 0 saturated carbocycles. The van der Waals surface area contributed by atoms with E-state index in [0.717, 1.165) is 51.7 Å². The highest BCUT2D eigenvalue weighted by Gasteiger charge is 2.23. The number of carbonyl (C=O) groups excluding carboxylic acids is 1. The van der Waals surface area contributed by atoms with Crippen molar-refractivity contribution in [3.8, 4) is 0 Å². The molecule has 1 aliphatic rings. The highest BCUT2D eigenvalue weighted by Crippen LogP contribution is 2.27. The molecule has 1 unspecified atom stereocenters. The minimum atomic E-state index is 0.0101. The molecule has 6 nitrogen and oxygen atoms in total. The summed E-state index contributed by atoms with van der Waals surface area (Å²) in [7, 11) is 1.91. The third-order valence-electron chi connectivity index (χ3n) is 4.37. The normalized spacial score (nSPS) is 17.4. The van der Waals surface area contributed by atoms with E-state index in [9.17, 15) is 4.79 Å². The van der Waals surface area contributed by atoms with Crippen LogP contribution in [0.15, 0.2) is 12.3 Å². The Labute approximate surface area is 138 Å². The number of imidazole rings is 1. The first-order chi connectivity index (χ1) is 11.0. The van der Waals surface area contributed by atoms with Gasteiger partial charge in [-0.3, -0.25) is 9.48 Å². The van der Waals surface area contributed by atoms with Crippen LogP contribution in [0.3, 0.4) is 0 Å². The van der Waals surface area contributed by atoms with Crippen LogP contribution in [0.2, 0.25) is 0 Å². The molecule has 0 saturated heterocycles. The van der Waals surface area contributed by atoms with Crippen molar-refractivity contribution >= 4 is 27.5 Å². The Bertz CT molecular complexity index is 869. The van der Waals surface area contributed by atoms with Gasteiger partial charge in [-0.2, -0.15) is 5.10 Å². The second-order valence-electron chi connectivity index (χ2n) is 6.20. The van der Waals surface area contributed by atoms with E-state index in [-0.39, 0.29) is 11.9 Å². The van der Waals surface area contributed by atoms with E-state index in [4.69, 9.17) is 0 Å². The van der Waals surface area contributed by atoms with Crippen molar-refractivity contribution in [2.75, 3.05) is 0 Å². The Morgan fingerprint density at radius 3 is 3.04 bits per heavy atom. The van der Waals surface area contributed by atoms with Gasteiger partial charge in [0.2, 0.25) is 0 Å². The summed E-state index contributed by atoms with van der Waals surface area (Å²) >= 11 is 1.50. The van der Waals surface area contributed by atoms with E-state index in [2.05, 4.69) is 26.2 Å². The summed E-state index contributed by atoms with van der Waals surface area (Å²) in [5.41, 5.74) is 2.01. The van der Waals surface area contributed by atoms with Gasteiger partial charge in [-0.25, -0.2) is 4.98 Å². The van der Waals surface area contributed by atoms with Crippen LogP contribution in [-0.4, -0.2) is 31.3 Å². The van der Waals surface area contributed by atoms with E-state index in [1.165, 1.54) is 11.3 Å². The largest absolute Gasteiger partial charge is 0.347 e. The molecule has 1 aliphatic heterocycles. The van der Waals surface area contributed by atoms with E-state index in [0.29, 0.717) is 0 Å². The minimum Gasteiger partial charge on any atom is -0.347 e. The average molecular weight is 329 g/mol. The molecule has 3 aromatic rings. The van der Waals surface area contributed by atoms with Crippen molar-refractivity contribution in [2.45, 2.75) is 39.3 Å². The van der Waals surface area contributed by atoms with Crippen LogP contribution in [0, 0.1) is 13.8 Å². The summed E-state index contributed by atoms with van der Waals surface area (Å²) in [5, 5.41) is 8.62. The molecule has 1 N–H and O–H groups in total. The first kappa shape index (κ1) is 14.4. The Hall–Kier alpha value is -2.15. The Balaban J connectivity index is 1.52. The van der Waals surface area contributed by atoms with E-state index in [1.807, 2.05) is 31.6 Å². The van der Waals surface area contributed by atoms with Crippen molar-refractivity contribution in [2.24, 2.45) is 7.05 Å². The maximum absolute atomic E-state index is 12.6. The Morgan fingerprint density at radius 2 is 2.26 bits per heavy atom. The molecule has 0 aliphatic carbocycles. The number of rotatable bonds is 2. The van der Waals surface area contributed by atoms with Gasteiger partial charge >= 0.3 is 0 Å². The predicted molar refractivity (Wildman–Crippen MR) is 89.9 cm³/mol. The Kier molecular flexibility index (Phi) is 3.26. The number of carbonyl (C=O) groups is 1. The number of hydrogen-bond acceptors (Lipinski definition) is 4. The lowest BCUT2D eigenvalue weighted by molar-refractivity contribution is 0.0932. The van der Waals surface area contributed by atoms with Crippen LogP contribution in [0.25, 0.3) is 10.2 Å². The fourth-order valence-electron chi connectivity index (χ4n) is 3.28. The van der Waals surface area contributed by atoms with Gasteiger partial charge in [0.25, 0.3) is 5.91 Å². The van der Waals surface area contributed by atoms with Gasteiger partial charge in [0.1, 0.15) is 10.7 Å². The van der Waals surface area contributed by atoms with Gasteiger partial charge < -0.3 is 9.88 Å². The quantitative estimate of drug-likeness (QED) is 0.784. The van der Waals surface area contributed by atoms with E-state index >= 15 is 0 Å². The van der Waals surface area contributed by atoms with Gasteiger partial charge in [0.05, 0.1) is 16.3 Å². The smallest absolute Gasteiger partial charge is 0.261 e. The zero-order valence-corrected chi connectivity index (χ0v) is 14.3. The maximum atomic E-state index is 12.6. The molecular weight excluding hydrogens is 310 g/mol. The van der Waals surface area contributed by atoms with Crippen molar-refractivity contribution in [3.05, 3.63) is 34.4 Å². The van der Waals surface area contributed by atoms with E-state index < -0.39 is 0 Å². The molecule has 120 valence electrons. The lowest BCUT2D eigenvalue weighted by Gasteiger charge is -2.24. The summed E-state index contributed by atoms with van der Waals surface area (Å²) < 4.78 is 4.00. The molecule has 1 amide bonds. The molecule has 4 heterocycles. The van der Waals surface area contributed by atoms with Crippen molar-refractivity contribution < 1.29 is 4.79 Å². The maximum Gasteiger partial charge on any atom is 0.261 e. The summed E-state index contributed by atoms with van der Waals surface area (Å²) in [6.45, 7) is 4.78. The number of hydrogen-bond donors (Lipinski definition) is 1. The number of thiophene rings is 1. The topological polar surface area (TPSA) is 64.7 Å². The first-order valence-electron chi connectivity index (χ1n) is 7.78. The summed E-state index contributed by atoms with van der Waals surface area (Å²) in [6.07, 6.45) is 3.91. The predicted octanol–water partition coefficient (Wildman–Crippen LogP) is 2.19. The molecule has 7 heteroatoms. The highest BCUT2D eigenvalue weighted by molar-refractivity contribution is 7.20. The number of aryl methyl sites for hydroxylation is 4. The number of nitrogens with zero attached hydrogens (tertiary/aromatic N) is 4. The molecule has 0 fully saturated rings. The number of aromatic nitrogens is 4. The van der Waals surface area contributed by atoms with Crippen molar-refractivity contribution in [1.82, 2.24) is 24.6 Å². The summed E-state index contributed by atoms with van der Waals surface area (Å²) in [5.74, 6) is 1.13. The standard InChI is InChI=1S/C16H19N5OS/c1-9-7-21-8-11(4-5-14(21)17-9)18-15(22)13-6-12-10(2)19-20(3)16(12)23-13/h6-7,11H,4-5,8H2,1-3H3,(H,18,22). The van der Waals surface area contributed by atoms with Gasteiger partial charge in [-0.1, -0.05) is 0 Å². The van der Waals surface area contributed by atoms with Crippen LogP contribution < -0.4 is 5.32 Å². The van der Waals surface area contributed by atoms with Crippen LogP contribution in [-0.2, 0) is 20.0 Å². The molecule has 0 spiro atoms. The molecule has 0 aromatic carbocycles. The molecule has 4 rings (SSSR count). The molecule has 23 heavy (non-hydrogen) atoms. The first-order valence-corrected chi connectivity index (χ1v) is 8.59.